The minimum Gasteiger partial charge on any atom is -0.496 e. The van der Waals surface area contributed by atoms with Gasteiger partial charge in [-0.2, -0.15) is 0 Å². The molecule has 6 heteroatoms. The highest BCUT2D eigenvalue weighted by Gasteiger charge is 2.17. The number of benzene rings is 2. The summed E-state index contributed by atoms with van der Waals surface area (Å²) in [5.41, 5.74) is 11.2. The first-order valence-electron chi connectivity index (χ1n) is 10.1. The predicted octanol–water partition coefficient (Wildman–Crippen LogP) is 4.30. The number of unbranched alkanes of at least 4 members (excludes halogenated alkanes) is 1. The van der Waals surface area contributed by atoms with Crippen molar-refractivity contribution in [3.8, 4) is 17.1 Å². The first-order valence-corrected chi connectivity index (χ1v) is 10.1. The van der Waals surface area contributed by atoms with E-state index in [-0.39, 0.29) is 6.42 Å². The molecule has 4 aromatic rings. The molecule has 0 spiro atoms. The van der Waals surface area contributed by atoms with E-state index < -0.39 is 5.97 Å². The van der Waals surface area contributed by atoms with E-state index in [1.54, 1.807) is 7.11 Å². The quantitative estimate of drug-likeness (QED) is 0.381. The third-order valence-electron chi connectivity index (χ3n) is 5.36. The summed E-state index contributed by atoms with van der Waals surface area (Å²) in [5.74, 6) is -0.0653. The molecular weight excluding hydrogens is 378 g/mol. The fraction of sp³-hybridized carbons (Fsp3) is 0.250. The number of ether oxygens (including phenoxy) is 1. The monoisotopic (exact) mass is 403 g/mol. The fourth-order valence-corrected chi connectivity index (χ4v) is 3.94. The van der Waals surface area contributed by atoms with Gasteiger partial charge >= 0.3 is 5.97 Å². The van der Waals surface area contributed by atoms with Crippen LogP contribution in [0.15, 0.2) is 48.5 Å². The number of hydrogen-bond acceptors (Lipinski definition) is 4. The zero-order valence-corrected chi connectivity index (χ0v) is 16.9. The average Bonchev–Trinajstić information content (AvgIpc) is 3.10. The Hall–Kier alpha value is -3.38. The van der Waals surface area contributed by atoms with Gasteiger partial charge in [-0.25, -0.2) is 4.98 Å². The average molecular weight is 403 g/mol. The van der Waals surface area contributed by atoms with Crippen LogP contribution in [0.2, 0.25) is 0 Å². The number of aromatic amines is 1. The number of hydrogen-bond donors (Lipinski definition) is 3. The Labute approximate surface area is 174 Å². The molecule has 0 aliphatic carbocycles. The number of carbonyl (C=O) groups is 1. The number of pyridine rings is 1. The summed E-state index contributed by atoms with van der Waals surface area (Å²) in [7, 11) is 1.66. The molecule has 0 fully saturated rings. The summed E-state index contributed by atoms with van der Waals surface area (Å²) in [6, 6.07) is 15.6. The third kappa shape index (κ3) is 3.86. The van der Waals surface area contributed by atoms with Crippen LogP contribution >= 0.6 is 0 Å². The van der Waals surface area contributed by atoms with E-state index in [0.717, 1.165) is 69.3 Å². The molecule has 0 aliphatic rings. The summed E-state index contributed by atoms with van der Waals surface area (Å²) in [6.07, 6.45) is 2.71. The molecule has 0 atom stereocenters. The second-order valence-electron chi connectivity index (χ2n) is 7.40. The van der Waals surface area contributed by atoms with Gasteiger partial charge in [0.05, 0.1) is 30.4 Å². The second kappa shape index (κ2) is 8.55. The molecule has 0 bridgehead atoms. The van der Waals surface area contributed by atoms with Crippen LogP contribution in [0.25, 0.3) is 33.2 Å². The van der Waals surface area contributed by atoms with Crippen LogP contribution in [-0.2, 0) is 17.6 Å². The number of methoxy groups -OCH3 is 1. The number of nitrogens with one attached hydrogen (secondary N) is 1. The lowest BCUT2D eigenvalue weighted by atomic mass is 10.00. The van der Waals surface area contributed by atoms with Crippen molar-refractivity contribution in [2.75, 3.05) is 13.7 Å². The lowest BCUT2D eigenvalue weighted by molar-refractivity contribution is -0.136. The summed E-state index contributed by atoms with van der Waals surface area (Å²) >= 11 is 0. The highest BCUT2D eigenvalue weighted by molar-refractivity contribution is 5.93. The smallest absolute Gasteiger partial charge is 0.307 e. The van der Waals surface area contributed by atoms with Gasteiger partial charge in [-0.3, -0.25) is 4.79 Å². The lowest BCUT2D eigenvalue weighted by Crippen LogP contribution is -2.00. The molecule has 30 heavy (non-hydrogen) atoms. The molecule has 0 saturated heterocycles. The van der Waals surface area contributed by atoms with E-state index >= 15 is 0 Å². The summed E-state index contributed by atoms with van der Waals surface area (Å²) in [5, 5.41) is 11.2. The fourth-order valence-electron chi connectivity index (χ4n) is 3.94. The van der Waals surface area contributed by atoms with E-state index in [9.17, 15) is 9.90 Å². The van der Waals surface area contributed by atoms with Gasteiger partial charge in [0.15, 0.2) is 0 Å². The number of rotatable bonds is 8. The van der Waals surface area contributed by atoms with Crippen molar-refractivity contribution in [1.29, 1.82) is 0 Å². The van der Waals surface area contributed by atoms with Crippen molar-refractivity contribution in [1.82, 2.24) is 9.97 Å². The number of H-pyrrole nitrogens is 1. The van der Waals surface area contributed by atoms with Crippen molar-refractivity contribution in [3.05, 3.63) is 59.7 Å². The molecule has 4 N–H and O–H groups in total. The van der Waals surface area contributed by atoms with Crippen LogP contribution in [0.1, 0.15) is 24.0 Å². The predicted molar refractivity (Wildman–Crippen MR) is 119 cm³/mol. The molecular formula is C24H25N3O3. The highest BCUT2D eigenvalue weighted by atomic mass is 16.5. The van der Waals surface area contributed by atoms with Crippen molar-refractivity contribution < 1.29 is 14.6 Å². The van der Waals surface area contributed by atoms with Crippen LogP contribution in [0.5, 0.6) is 5.75 Å². The number of aliphatic carboxylic acids is 1. The van der Waals surface area contributed by atoms with Crippen molar-refractivity contribution in [2.24, 2.45) is 5.73 Å². The summed E-state index contributed by atoms with van der Waals surface area (Å²) < 4.78 is 5.63. The highest BCUT2D eigenvalue weighted by Crippen LogP contribution is 2.35. The van der Waals surface area contributed by atoms with Crippen molar-refractivity contribution >= 4 is 27.8 Å². The number of carboxylic acid groups (broad SMARTS) is 1. The maximum Gasteiger partial charge on any atom is 0.307 e. The Bertz CT molecular complexity index is 1210. The molecule has 0 unspecified atom stereocenters. The van der Waals surface area contributed by atoms with Gasteiger partial charge < -0.3 is 20.6 Å². The number of nitrogens with zero attached hydrogens (tertiary/aromatic N) is 1. The van der Waals surface area contributed by atoms with E-state index in [1.165, 1.54) is 0 Å². The molecule has 0 radical (unpaired) electrons. The number of aromatic nitrogens is 2. The second-order valence-corrected chi connectivity index (χ2v) is 7.40. The molecule has 0 amide bonds. The van der Waals surface area contributed by atoms with Crippen LogP contribution < -0.4 is 10.5 Å². The molecule has 4 rings (SSSR count). The molecule has 2 aromatic heterocycles. The lowest BCUT2D eigenvalue weighted by Gasteiger charge is -2.10. The van der Waals surface area contributed by atoms with Crippen LogP contribution in [0.4, 0.5) is 0 Å². The zero-order chi connectivity index (χ0) is 21.1. The maximum atomic E-state index is 11.2. The van der Waals surface area contributed by atoms with Gasteiger partial charge in [-0.1, -0.05) is 18.2 Å². The van der Waals surface area contributed by atoms with Crippen molar-refractivity contribution in [2.45, 2.75) is 25.7 Å². The largest absolute Gasteiger partial charge is 0.496 e. The minimum absolute atomic E-state index is 0.000735. The summed E-state index contributed by atoms with van der Waals surface area (Å²) in [6.45, 7) is 0.643. The molecule has 2 aromatic carbocycles. The molecule has 0 saturated carbocycles. The van der Waals surface area contributed by atoms with E-state index in [0.29, 0.717) is 6.54 Å². The van der Waals surface area contributed by atoms with Gasteiger partial charge in [0, 0.05) is 22.4 Å². The Balaban J connectivity index is 1.89. The van der Waals surface area contributed by atoms with Crippen LogP contribution in [0, 0.1) is 0 Å². The molecule has 2 heterocycles. The Morgan fingerprint density at radius 1 is 1.13 bits per heavy atom. The Morgan fingerprint density at radius 2 is 1.97 bits per heavy atom. The van der Waals surface area contributed by atoms with Gasteiger partial charge in [0.1, 0.15) is 5.75 Å². The standard InChI is InChI=1S/C24H25N3O3/c1-30-22-14-21(26-19-8-3-2-7-17(19)22)24-16(6-4-5-11-25)18-12-15(13-23(28)29)9-10-20(18)27-24/h2-3,7-10,12,14,27H,4-6,11,13,25H2,1H3,(H,28,29). The molecule has 0 aliphatic heterocycles. The van der Waals surface area contributed by atoms with Crippen LogP contribution in [0.3, 0.4) is 0 Å². The summed E-state index contributed by atoms with van der Waals surface area (Å²) in [4.78, 5) is 19.6. The van der Waals surface area contributed by atoms with E-state index in [1.807, 2.05) is 48.5 Å². The number of fused-ring (bicyclic) bond motifs is 2. The number of aryl methyl sites for hydroxylation is 1. The Kier molecular flexibility index (Phi) is 5.68. The molecule has 154 valence electrons. The van der Waals surface area contributed by atoms with Gasteiger partial charge in [0.2, 0.25) is 0 Å². The van der Waals surface area contributed by atoms with Crippen molar-refractivity contribution in [3.63, 3.8) is 0 Å². The normalized spacial score (nSPS) is 11.3. The minimum atomic E-state index is -0.837. The van der Waals surface area contributed by atoms with Gasteiger partial charge in [0.25, 0.3) is 0 Å². The maximum absolute atomic E-state index is 11.2. The SMILES string of the molecule is COc1cc(-c2[nH]c3ccc(CC(=O)O)cc3c2CCCCN)nc2ccccc12. The van der Waals surface area contributed by atoms with Gasteiger partial charge in [-0.05, 0) is 61.2 Å². The molecule has 6 nitrogen and oxygen atoms in total. The number of carboxylic acids is 1. The van der Waals surface area contributed by atoms with E-state index in [4.69, 9.17) is 15.5 Å². The topological polar surface area (TPSA) is 101 Å². The van der Waals surface area contributed by atoms with Gasteiger partial charge in [-0.15, -0.1) is 0 Å². The Morgan fingerprint density at radius 3 is 2.73 bits per heavy atom. The first kappa shape index (κ1) is 19.9. The van der Waals surface area contributed by atoms with E-state index in [2.05, 4.69) is 4.98 Å². The number of para-hydroxylation sites is 1. The third-order valence-corrected chi connectivity index (χ3v) is 5.36. The number of nitrogens with two attached hydrogens (primary N) is 1. The van der Waals surface area contributed by atoms with Crippen LogP contribution in [-0.4, -0.2) is 34.7 Å². The zero-order valence-electron chi connectivity index (χ0n) is 16.9. The first-order chi connectivity index (χ1) is 14.6.